The van der Waals surface area contributed by atoms with Crippen molar-refractivity contribution in [3.05, 3.63) is 69.6 Å². The van der Waals surface area contributed by atoms with E-state index in [2.05, 4.69) is 4.36 Å². The minimum atomic E-state index is -5.41. The second-order valence-corrected chi connectivity index (χ2v) is 18.7. The van der Waals surface area contributed by atoms with Crippen molar-refractivity contribution in [2.45, 2.75) is 83.6 Å². The van der Waals surface area contributed by atoms with Crippen molar-refractivity contribution in [2.75, 3.05) is 13.2 Å². The van der Waals surface area contributed by atoms with Crippen molar-refractivity contribution in [1.29, 1.82) is 0 Å². The smallest absolute Gasteiger partial charge is 0.474 e. The highest BCUT2D eigenvalue weighted by atomic mass is 32.2. The first-order valence-electron chi connectivity index (χ1n) is 14.4. The van der Waals surface area contributed by atoms with Crippen LogP contribution in [0.3, 0.4) is 0 Å². The maximum Gasteiger partial charge on any atom is 0.474 e. The van der Waals surface area contributed by atoms with Gasteiger partial charge in [-0.1, -0.05) is 44.5 Å². The number of esters is 2. The Morgan fingerprint density at radius 2 is 1.52 bits per heavy atom. The summed E-state index contributed by atoms with van der Waals surface area (Å²) in [7, 11) is -6.89. The highest BCUT2D eigenvalue weighted by molar-refractivity contribution is 7.96. The second kappa shape index (κ2) is 14.8. The van der Waals surface area contributed by atoms with Gasteiger partial charge in [0.05, 0.1) is 24.4 Å². The minimum Gasteiger partial charge on any atom is -0.539 e. The normalized spacial score (nSPS) is 14.0. The van der Waals surface area contributed by atoms with Crippen LogP contribution in [-0.4, -0.2) is 49.8 Å². The summed E-state index contributed by atoms with van der Waals surface area (Å²) < 4.78 is 78.8. The lowest BCUT2D eigenvalue weighted by Gasteiger charge is -2.36. The maximum atomic E-state index is 13.9. The summed E-state index contributed by atoms with van der Waals surface area (Å²) in [5.41, 5.74) is -2.16. The van der Waals surface area contributed by atoms with Gasteiger partial charge in [-0.15, -0.1) is 4.36 Å². The largest absolute Gasteiger partial charge is 0.539 e. The fraction of sp³-hybridized carbons (Fsp3) is 0.484. The van der Waals surface area contributed by atoms with Crippen molar-refractivity contribution < 1.29 is 50.1 Å². The number of halogens is 3. The Morgan fingerprint density at radius 1 is 0.978 bits per heavy atom. The average molecular weight is 688 g/mol. The molecule has 0 aliphatic rings. The van der Waals surface area contributed by atoms with E-state index < -0.39 is 65.8 Å². The maximum absolute atomic E-state index is 13.9. The van der Waals surface area contributed by atoms with Gasteiger partial charge < -0.3 is 18.3 Å². The first-order chi connectivity index (χ1) is 21.1. The zero-order valence-electron chi connectivity index (χ0n) is 27.1. The molecule has 0 saturated carbocycles. The SMILES string of the molecule is CCOC(=O)C(C/C=C/S(=O)(=NC(=O)C(F)(F)F)c1ccc(C)cc1)(Cc1occc(=O)c1O[Si](C)(C)C(C)(C)C)C(=O)OCC. The molecule has 10 nitrogen and oxygen atoms in total. The monoisotopic (exact) mass is 687 g/mol. The summed E-state index contributed by atoms with van der Waals surface area (Å²) in [5.74, 6) is -5.18. The van der Waals surface area contributed by atoms with Crippen LogP contribution in [0.15, 0.2) is 66.5 Å². The average Bonchev–Trinajstić information content (AvgIpc) is 2.93. The molecule has 0 radical (unpaired) electrons. The van der Waals surface area contributed by atoms with Crippen LogP contribution in [-0.2, 0) is 40.0 Å². The first-order valence-corrected chi connectivity index (χ1v) is 18.9. The molecule has 0 aliphatic heterocycles. The summed E-state index contributed by atoms with van der Waals surface area (Å²) in [4.78, 5) is 51.9. The molecule has 2 rings (SSSR count). The van der Waals surface area contributed by atoms with E-state index in [-0.39, 0.29) is 34.7 Å². The Bertz CT molecular complexity index is 1610. The zero-order chi connectivity index (χ0) is 35.1. The number of alkyl halides is 3. The van der Waals surface area contributed by atoms with E-state index in [1.165, 1.54) is 38.1 Å². The fourth-order valence-corrected chi connectivity index (χ4v) is 6.40. The third-order valence-corrected chi connectivity index (χ3v) is 13.7. The standard InChI is InChI=1S/C31H40F3NO9SSi/c1-9-41-27(38)30(28(39)42-10-2,20-24-25(23(36)16-18-43-24)44-46(7,8)29(4,5)6)17-11-19-45(40,35-26(37)31(32,33)34)22-14-12-21(3)13-15-22/h11-16,18-19H,9-10,17,20H2,1-8H3/b19-11+. The summed E-state index contributed by atoms with van der Waals surface area (Å²) in [5, 5.41) is 0.380. The number of allylic oxidation sites excluding steroid dienone is 1. The van der Waals surface area contributed by atoms with Gasteiger partial charge in [-0.3, -0.25) is 19.2 Å². The Balaban J connectivity index is 2.81. The lowest BCUT2D eigenvalue weighted by atomic mass is 9.79. The van der Waals surface area contributed by atoms with Crippen molar-refractivity contribution in [1.82, 2.24) is 0 Å². The van der Waals surface area contributed by atoms with E-state index in [4.69, 9.17) is 18.3 Å². The number of carbonyl (C=O) groups excluding carboxylic acids is 3. The van der Waals surface area contributed by atoms with E-state index in [1.807, 2.05) is 33.9 Å². The Labute approximate surface area is 267 Å². The molecular formula is C31H40F3NO9SSi. The highest BCUT2D eigenvalue weighted by Crippen LogP contribution is 2.40. The van der Waals surface area contributed by atoms with Crippen LogP contribution in [0, 0.1) is 12.3 Å². The Hall–Kier alpha value is -3.72. The van der Waals surface area contributed by atoms with Gasteiger partial charge in [-0.2, -0.15) is 13.2 Å². The van der Waals surface area contributed by atoms with Crippen LogP contribution in [0.2, 0.25) is 18.1 Å². The third kappa shape index (κ3) is 9.18. The molecule has 1 aromatic carbocycles. The van der Waals surface area contributed by atoms with Gasteiger partial charge in [0.1, 0.15) is 15.5 Å². The van der Waals surface area contributed by atoms with E-state index in [0.717, 1.165) is 23.8 Å². The lowest BCUT2D eigenvalue weighted by molar-refractivity contribution is -0.172. The van der Waals surface area contributed by atoms with Crippen molar-refractivity contribution in [2.24, 2.45) is 9.78 Å². The molecule has 254 valence electrons. The topological polar surface area (TPSA) is 139 Å². The zero-order valence-corrected chi connectivity index (χ0v) is 28.9. The summed E-state index contributed by atoms with van der Waals surface area (Å²) in [6, 6.07) is 6.57. The predicted molar refractivity (Wildman–Crippen MR) is 167 cm³/mol. The number of ether oxygens (including phenoxy) is 2. The number of amides is 1. The quantitative estimate of drug-likeness (QED) is 0.139. The van der Waals surface area contributed by atoms with Crippen LogP contribution in [0.4, 0.5) is 13.2 Å². The number of carbonyl (C=O) groups is 3. The van der Waals surface area contributed by atoms with Crippen LogP contribution in [0.5, 0.6) is 5.75 Å². The Morgan fingerprint density at radius 3 is 2.00 bits per heavy atom. The van der Waals surface area contributed by atoms with E-state index in [0.29, 0.717) is 5.56 Å². The molecule has 1 amide bonds. The number of nitrogens with zero attached hydrogens (tertiary/aromatic N) is 1. The van der Waals surface area contributed by atoms with Gasteiger partial charge >= 0.3 is 24.0 Å². The number of hydrogen-bond acceptors (Lipinski definition) is 9. The van der Waals surface area contributed by atoms with Gasteiger partial charge in [-0.25, -0.2) is 4.21 Å². The molecule has 1 aromatic heterocycles. The molecule has 1 atom stereocenters. The lowest BCUT2D eigenvalue weighted by Crippen LogP contribution is -2.46. The van der Waals surface area contributed by atoms with Gasteiger partial charge in [-0.05, 0) is 57.5 Å². The van der Waals surface area contributed by atoms with Crippen LogP contribution in [0.1, 0.15) is 52.4 Å². The molecule has 1 heterocycles. The molecule has 15 heteroatoms. The van der Waals surface area contributed by atoms with Crippen molar-refractivity contribution in [3.8, 4) is 5.75 Å². The molecule has 0 saturated heterocycles. The van der Waals surface area contributed by atoms with E-state index in [1.54, 1.807) is 6.92 Å². The molecule has 0 N–H and O–H groups in total. The van der Waals surface area contributed by atoms with E-state index in [9.17, 15) is 36.6 Å². The van der Waals surface area contributed by atoms with Crippen molar-refractivity contribution in [3.63, 3.8) is 0 Å². The van der Waals surface area contributed by atoms with Gasteiger partial charge in [0, 0.05) is 17.9 Å². The summed E-state index contributed by atoms with van der Waals surface area (Å²) in [6.45, 7) is 13.9. The Kier molecular flexibility index (Phi) is 12.4. The van der Waals surface area contributed by atoms with E-state index >= 15 is 0 Å². The van der Waals surface area contributed by atoms with Gasteiger partial charge in [0.15, 0.2) is 11.2 Å². The van der Waals surface area contributed by atoms with Crippen molar-refractivity contribution >= 4 is 35.9 Å². The third-order valence-electron chi connectivity index (χ3n) is 7.43. The number of benzene rings is 1. The summed E-state index contributed by atoms with van der Waals surface area (Å²) in [6.07, 6.45) is -4.62. The molecule has 0 aliphatic carbocycles. The van der Waals surface area contributed by atoms with Crippen LogP contribution in [0.25, 0.3) is 0 Å². The second-order valence-electron chi connectivity index (χ2n) is 12.0. The highest BCUT2D eigenvalue weighted by Gasteiger charge is 2.50. The molecule has 0 bridgehead atoms. The van der Waals surface area contributed by atoms with Crippen LogP contribution < -0.4 is 9.85 Å². The first kappa shape index (κ1) is 38.5. The van der Waals surface area contributed by atoms with Crippen LogP contribution >= 0.6 is 0 Å². The van der Waals surface area contributed by atoms with Gasteiger partial charge in [0.2, 0.25) is 5.43 Å². The molecule has 0 spiro atoms. The van der Waals surface area contributed by atoms with Gasteiger partial charge in [0.25, 0.3) is 8.32 Å². The molecule has 46 heavy (non-hydrogen) atoms. The minimum absolute atomic E-state index is 0.175. The number of hydrogen-bond donors (Lipinski definition) is 0. The molecule has 1 unspecified atom stereocenters. The molecule has 0 fully saturated rings. The summed E-state index contributed by atoms with van der Waals surface area (Å²) >= 11 is 0. The molecule has 2 aromatic rings. The fourth-order valence-electron chi connectivity index (χ4n) is 3.81. The number of aryl methyl sites for hydroxylation is 1. The molecular weight excluding hydrogens is 647 g/mol. The predicted octanol–water partition coefficient (Wildman–Crippen LogP) is 6.51. The number of rotatable bonds is 12.